The molecule has 0 aliphatic heterocycles. The van der Waals surface area contributed by atoms with Gasteiger partial charge in [-0.3, -0.25) is 0 Å². The van der Waals surface area contributed by atoms with Gasteiger partial charge >= 0.3 is 5.48 Å². The minimum Gasteiger partial charge on any atom is -0.590 e. The van der Waals surface area contributed by atoms with Gasteiger partial charge in [0.15, 0.2) is 2.95 Å². The number of halogens is 4. The molecule has 5 heavy (non-hydrogen) atoms. The van der Waals surface area contributed by atoms with Gasteiger partial charge in [-0.05, 0) is 0 Å². The van der Waals surface area contributed by atoms with Crippen LogP contribution in [0.1, 0.15) is 0 Å². The van der Waals surface area contributed by atoms with Gasteiger partial charge in [-0.25, -0.2) is 0 Å². The molecule has 4 radical (unpaired) electrons. The fraction of sp³-hybridized carbons (Fsp3) is 0. The average molecular weight is 94.0 g/mol. The second kappa shape index (κ2) is 258. The van der Waals surface area contributed by atoms with E-state index in [1.165, 1.54) is 0 Å². The lowest BCUT2D eigenvalue weighted by molar-refractivity contribution is 0.686. The Labute approximate surface area is 28.9 Å². The Balaban J connectivity index is -0.0000000400. The summed E-state index contributed by atoms with van der Waals surface area (Å²) in [5.74, 6) is 0. The van der Waals surface area contributed by atoms with Crippen molar-refractivity contribution in [3.05, 3.63) is 0 Å². The molecule has 0 aliphatic rings. The first-order valence-electron chi connectivity index (χ1n) is 1.51. The summed E-state index contributed by atoms with van der Waals surface area (Å²) in [6, 6.07) is 0. The molecule has 0 aliphatic carbocycles. The highest BCUT2D eigenvalue weighted by Gasteiger charge is 2.00. The topological polar surface area (TPSA) is 28.5 Å². The summed E-state index contributed by atoms with van der Waals surface area (Å²) in [7, 11) is 0. The zero-order chi connectivity index (χ0) is 5.41. The van der Waals surface area contributed by atoms with Crippen molar-refractivity contribution in [2.75, 3.05) is 0 Å². The van der Waals surface area contributed by atoms with Crippen LogP contribution in [0.15, 0.2) is 0 Å². The van der Waals surface area contributed by atoms with Crippen molar-refractivity contribution in [3.63, 3.8) is 0 Å². The quantitative estimate of drug-likeness (QED) is 0.401. The minimum atomic E-state index is -0.250. The SMILES string of the molecule is F[H-]F.F[H-]F.[O+2]. The molecule has 0 bridgehead atoms. The second-order valence-corrected chi connectivity index (χ2v) is 0. The molecule has 0 amide bonds. The summed E-state index contributed by atoms with van der Waals surface area (Å²) < 4.78 is 37.0. The molecule has 0 unspecified atom stereocenters. The van der Waals surface area contributed by atoms with Gasteiger partial charge in [-0.15, -0.1) is 0 Å². The Morgan fingerprint density at radius 2 is 1.00 bits per heavy atom. The predicted octanol–water partition coefficient (Wildman–Crippen LogP) is 1.03. The summed E-state index contributed by atoms with van der Waals surface area (Å²) in [5.41, 5.74) is 0. The van der Waals surface area contributed by atoms with E-state index in [2.05, 4.69) is 0 Å². The molecule has 5 heteroatoms. The lowest BCUT2D eigenvalue weighted by Crippen LogP contribution is -0.119. The highest BCUT2D eigenvalue weighted by atomic mass is 19.0. The summed E-state index contributed by atoms with van der Waals surface area (Å²) in [6.45, 7) is 0. The van der Waals surface area contributed by atoms with E-state index >= 15 is 0 Å². The molecule has 0 fully saturated rings. The first-order chi connectivity index (χ1) is 2.83. The lowest BCUT2D eigenvalue weighted by atomic mass is 16.0. The molecule has 0 heterocycles. The Hall–Kier alpha value is -0.320. The molecule has 36 valence electrons. The zero-order valence-corrected chi connectivity index (χ0v) is 1.92. The molecule has 0 N–H and O–H groups in total. The summed E-state index contributed by atoms with van der Waals surface area (Å²) in [6.07, 6.45) is 0. The maximum atomic E-state index is 9.38. The monoisotopic (exact) mass is 94.0 g/mol. The third-order valence-corrected chi connectivity index (χ3v) is 0. The van der Waals surface area contributed by atoms with Gasteiger partial charge in [0.2, 0.25) is 0 Å². The van der Waals surface area contributed by atoms with Crippen LogP contribution >= 0.6 is 0 Å². The fourth-order valence-electron chi connectivity index (χ4n) is 0. The number of hydrogen-bond acceptors (Lipinski definition) is 0. The first-order valence-corrected chi connectivity index (χ1v) is 0. The van der Waals surface area contributed by atoms with Crippen molar-refractivity contribution in [1.29, 1.82) is 2.95 Å². The van der Waals surface area contributed by atoms with Crippen LogP contribution in [0.4, 0.5) is 18.9 Å². The summed E-state index contributed by atoms with van der Waals surface area (Å²) in [4.78, 5) is 0. The van der Waals surface area contributed by atoms with Gasteiger partial charge < -0.3 is 18.9 Å². The third-order valence-electron chi connectivity index (χ3n) is 0. The van der Waals surface area contributed by atoms with Gasteiger partial charge in [0.25, 0.3) is 0 Å². The van der Waals surface area contributed by atoms with Crippen LogP contribution < -0.4 is 0 Å². The van der Waals surface area contributed by atoms with E-state index < -0.39 is 0 Å². The standard InChI is InChI=1S/2F2H.O/c2*1-3-2;/q2*-1;+2. The van der Waals surface area contributed by atoms with E-state index in [1.807, 2.05) is 0 Å². The molecule has 0 aromatic carbocycles. The van der Waals surface area contributed by atoms with Crippen molar-refractivity contribution in [2.45, 2.75) is 0 Å². The maximum Gasteiger partial charge on any atom is 2.00 e. The van der Waals surface area contributed by atoms with Crippen LogP contribution in [0.5, 0.6) is 0 Å². The normalized spacial score (nSPS) is 4.00. The molecule has 0 saturated heterocycles. The Morgan fingerprint density at radius 3 is 1.00 bits per heavy atom. The molecule has 0 aromatic rings. The lowest BCUT2D eigenvalue weighted by Gasteiger charge is -0.270. The largest absolute Gasteiger partial charge is 2.00 e. The molecule has 0 rings (SSSR count). The van der Waals surface area contributed by atoms with Crippen molar-refractivity contribution in [2.24, 2.45) is 0 Å². The maximum absolute atomic E-state index is 9.38. The Bertz CT molecular complexity index is 11.7. The van der Waals surface area contributed by atoms with Crippen LogP contribution in [0.25, 0.3) is 0 Å². The predicted molar refractivity (Wildman–Crippen MR) is 7.91 cm³/mol. The van der Waals surface area contributed by atoms with Crippen LogP contribution in [0.2, 0.25) is 0 Å². The van der Waals surface area contributed by atoms with Crippen molar-refractivity contribution < 1.29 is 24.3 Å². The van der Waals surface area contributed by atoms with E-state index in [0.29, 0.717) is 0 Å². The van der Waals surface area contributed by atoms with Crippen molar-refractivity contribution in [3.8, 4) is 0 Å². The van der Waals surface area contributed by atoms with Gasteiger partial charge in [0.05, 0.1) is 0 Å². The van der Waals surface area contributed by atoms with Crippen LogP contribution in [0, 0.1) is 0 Å². The Morgan fingerprint density at radius 1 is 1.00 bits per heavy atom. The van der Waals surface area contributed by atoms with E-state index in [0.717, 1.165) is 0 Å². The number of rotatable bonds is 0. The van der Waals surface area contributed by atoms with E-state index in [1.54, 1.807) is 0 Å². The van der Waals surface area contributed by atoms with Gasteiger partial charge in [-0.2, -0.15) is 0 Å². The molecule has 1 nitrogen and oxygen atoms in total. The zero-order valence-electron chi connectivity index (χ0n) is 3.92. The van der Waals surface area contributed by atoms with Gasteiger partial charge in [0.1, 0.15) is 0 Å². The number of hydrogen-bond donors (Lipinski definition) is 0. The minimum absolute atomic E-state index is 0. The van der Waals surface area contributed by atoms with E-state index in [4.69, 9.17) is 0 Å². The molecular formula is H2F4O. The molecule has 0 saturated carbocycles. The van der Waals surface area contributed by atoms with E-state index in [9.17, 15) is 18.9 Å². The van der Waals surface area contributed by atoms with Crippen molar-refractivity contribution in [1.82, 2.24) is 0 Å². The van der Waals surface area contributed by atoms with Gasteiger partial charge in [-0.1, -0.05) is 0 Å². The second-order valence-electron chi connectivity index (χ2n) is 0. The molecule has 0 spiro atoms. The van der Waals surface area contributed by atoms with Crippen LogP contribution in [-0.2, 0) is 5.48 Å². The fourth-order valence-corrected chi connectivity index (χ4v) is 0. The molecule has 0 atom stereocenters. The highest BCUT2D eigenvalue weighted by molar-refractivity contribution is 1.11. The molecular weight excluding hydrogens is 92.0 g/mol. The van der Waals surface area contributed by atoms with Gasteiger partial charge in [0, 0.05) is 0 Å². The molecule has 0 aromatic heterocycles. The van der Waals surface area contributed by atoms with Crippen molar-refractivity contribution >= 4 is 0 Å². The smallest absolute Gasteiger partial charge is 0.590 e. The first kappa shape index (κ1) is 4.68. The van der Waals surface area contributed by atoms with Crippen LogP contribution in [-0.4, -0.2) is 2.95 Å². The Kier molecular flexibility index (Phi) is 242. The highest BCUT2D eigenvalue weighted by Crippen LogP contribution is 0.423. The summed E-state index contributed by atoms with van der Waals surface area (Å²) >= 11 is 0. The third kappa shape index (κ3) is 101. The van der Waals surface area contributed by atoms with Crippen LogP contribution in [0.3, 0.4) is 0 Å². The van der Waals surface area contributed by atoms with E-state index in [-0.39, 0.29) is 8.43 Å². The summed E-state index contributed by atoms with van der Waals surface area (Å²) in [5, 5.41) is 0. The average Bonchev–Trinajstić information content (AvgIpc) is 1.39.